The van der Waals surface area contributed by atoms with E-state index in [2.05, 4.69) is 54.4 Å². The molecule has 1 aliphatic carbocycles. The summed E-state index contributed by atoms with van der Waals surface area (Å²) < 4.78 is 11.5. The number of ether oxygens (including phenoxy) is 2. The van der Waals surface area contributed by atoms with Gasteiger partial charge in [0.25, 0.3) is 0 Å². The molecular formula is C28H36N2O3. The van der Waals surface area contributed by atoms with E-state index >= 15 is 0 Å². The van der Waals surface area contributed by atoms with Crippen LogP contribution in [-0.2, 0) is 11.2 Å². The largest absolute Gasteiger partial charge is 0.494 e. The summed E-state index contributed by atoms with van der Waals surface area (Å²) >= 11 is 0. The number of nitrogens with one attached hydrogen (secondary N) is 1. The standard InChI is InChI=1S/C28H36N2O3/c1-4-32-23-8-5-19(6-9-23)21-7-10-24-22(17-21)11-14-28(2,3)26(24)29-27(31)33-25-18-30-15-12-20(25)13-16-30/h5-10,17,20,25-26H,4,11-16,18H2,1-3H3,(H,29,31)/t25-,26-/m0/s1. The summed E-state index contributed by atoms with van der Waals surface area (Å²) in [6.45, 7) is 10.3. The lowest BCUT2D eigenvalue weighted by Gasteiger charge is -2.44. The van der Waals surface area contributed by atoms with Crippen molar-refractivity contribution in [3.8, 4) is 16.9 Å². The minimum absolute atomic E-state index is 0.0260. The molecule has 1 N–H and O–H groups in total. The Balaban J connectivity index is 1.32. The number of fused-ring (bicyclic) bond motifs is 4. The number of aryl methyl sites for hydroxylation is 1. The van der Waals surface area contributed by atoms with E-state index in [1.807, 2.05) is 19.1 Å². The molecule has 0 saturated carbocycles. The zero-order chi connectivity index (χ0) is 23.0. The van der Waals surface area contributed by atoms with Crippen molar-refractivity contribution in [1.29, 1.82) is 0 Å². The predicted octanol–water partition coefficient (Wildman–Crippen LogP) is 5.59. The number of amides is 1. The molecule has 5 heteroatoms. The smallest absolute Gasteiger partial charge is 0.407 e. The van der Waals surface area contributed by atoms with E-state index in [0.717, 1.165) is 51.1 Å². The van der Waals surface area contributed by atoms with Gasteiger partial charge in [-0.3, -0.25) is 4.90 Å². The van der Waals surface area contributed by atoms with Crippen LogP contribution in [0.2, 0.25) is 0 Å². The number of alkyl carbamates (subject to hydrolysis) is 1. The third kappa shape index (κ3) is 4.61. The fraction of sp³-hybridized carbons (Fsp3) is 0.536. The van der Waals surface area contributed by atoms with Gasteiger partial charge in [-0.2, -0.15) is 0 Å². The maximum atomic E-state index is 13.0. The van der Waals surface area contributed by atoms with Crippen molar-refractivity contribution in [1.82, 2.24) is 10.2 Å². The molecule has 3 saturated heterocycles. The van der Waals surface area contributed by atoms with Crippen molar-refractivity contribution >= 4 is 6.09 Å². The molecule has 1 amide bonds. The van der Waals surface area contributed by atoms with E-state index in [1.165, 1.54) is 22.3 Å². The predicted molar refractivity (Wildman–Crippen MR) is 130 cm³/mol. The van der Waals surface area contributed by atoms with Gasteiger partial charge in [0, 0.05) is 6.54 Å². The Morgan fingerprint density at radius 3 is 2.48 bits per heavy atom. The second-order valence-corrected chi connectivity index (χ2v) is 10.5. The van der Waals surface area contributed by atoms with Crippen LogP contribution >= 0.6 is 0 Å². The Bertz CT molecular complexity index is 993. The Kier molecular flexibility index (Phi) is 6.09. The van der Waals surface area contributed by atoms with E-state index in [1.54, 1.807) is 0 Å². The highest BCUT2D eigenvalue weighted by Gasteiger charge is 2.40. The van der Waals surface area contributed by atoms with E-state index in [-0.39, 0.29) is 23.7 Å². The minimum Gasteiger partial charge on any atom is -0.494 e. The molecule has 0 spiro atoms. The van der Waals surface area contributed by atoms with Gasteiger partial charge in [-0.15, -0.1) is 0 Å². The van der Waals surface area contributed by atoms with Gasteiger partial charge in [0.2, 0.25) is 0 Å². The van der Waals surface area contributed by atoms with Gasteiger partial charge in [0.15, 0.2) is 0 Å². The Morgan fingerprint density at radius 1 is 1.09 bits per heavy atom. The third-order valence-electron chi connectivity index (χ3n) is 7.89. The summed E-state index contributed by atoms with van der Waals surface area (Å²) in [5.41, 5.74) is 4.88. The van der Waals surface area contributed by atoms with E-state index < -0.39 is 0 Å². The molecule has 4 aliphatic rings. The summed E-state index contributed by atoms with van der Waals surface area (Å²) in [5.74, 6) is 1.41. The first-order valence-electron chi connectivity index (χ1n) is 12.5. The maximum Gasteiger partial charge on any atom is 0.407 e. The van der Waals surface area contributed by atoms with Gasteiger partial charge in [0.05, 0.1) is 12.6 Å². The van der Waals surface area contributed by atoms with Crippen LogP contribution in [0.5, 0.6) is 5.75 Å². The van der Waals surface area contributed by atoms with Gasteiger partial charge in [0.1, 0.15) is 11.9 Å². The number of benzene rings is 2. The van der Waals surface area contributed by atoms with Crippen LogP contribution in [-0.4, -0.2) is 43.3 Å². The molecule has 0 radical (unpaired) electrons. The second kappa shape index (κ2) is 9.02. The van der Waals surface area contributed by atoms with Crippen LogP contribution in [0.1, 0.15) is 57.2 Å². The van der Waals surface area contributed by atoms with Crippen molar-refractivity contribution < 1.29 is 14.3 Å². The quantitative estimate of drug-likeness (QED) is 0.648. The fourth-order valence-corrected chi connectivity index (χ4v) is 5.82. The highest BCUT2D eigenvalue weighted by molar-refractivity contribution is 5.70. The van der Waals surface area contributed by atoms with Crippen molar-refractivity contribution in [2.45, 2.75) is 58.6 Å². The molecule has 3 heterocycles. The first kappa shape index (κ1) is 22.3. The molecule has 0 unspecified atom stereocenters. The summed E-state index contributed by atoms with van der Waals surface area (Å²) in [5, 5.41) is 3.26. The summed E-state index contributed by atoms with van der Waals surface area (Å²) in [4.78, 5) is 15.4. The normalized spacial score (nSPS) is 27.5. The number of piperidine rings is 3. The minimum atomic E-state index is -0.268. The monoisotopic (exact) mass is 448 g/mol. The number of carbonyl (C=O) groups is 1. The van der Waals surface area contributed by atoms with Crippen molar-refractivity contribution in [2.75, 3.05) is 26.2 Å². The molecule has 3 fully saturated rings. The molecular weight excluding hydrogens is 412 g/mol. The Labute approximate surface area is 197 Å². The number of hydrogen-bond acceptors (Lipinski definition) is 4. The zero-order valence-electron chi connectivity index (χ0n) is 20.1. The maximum absolute atomic E-state index is 13.0. The van der Waals surface area contributed by atoms with Crippen LogP contribution in [0.3, 0.4) is 0 Å². The van der Waals surface area contributed by atoms with Crippen LogP contribution < -0.4 is 10.1 Å². The van der Waals surface area contributed by atoms with Crippen molar-refractivity contribution in [3.05, 3.63) is 53.6 Å². The molecule has 176 valence electrons. The molecule has 3 aliphatic heterocycles. The third-order valence-corrected chi connectivity index (χ3v) is 7.89. The summed E-state index contributed by atoms with van der Waals surface area (Å²) in [6.07, 6.45) is 4.09. The topological polar surface area (TPSA) is 50.8 Å². The molecule has 2 aromatic rings. The molecule has 2 atom stereocenters. The highest BCUT2D eigenvalue weighted by atomic mass is 16.6. The van der Waals surface area contributed by atoms with E-state index in [4.69, 9.17) is 9.47 Å². The summed E-state index contributed by atoms with van der Waals surface area (Å²) in [6, 6.07) is 14.9. The molecule has 33 heavy (non-hydrogen) atoms. The number of carbonyl (C=O) groups excluding carboxylic acids is 1. The molecule has 5 nitrogen and oxygen atoms in total. The fourth-order valence-electron chi connectivity index (χ4n) is 5.82. The van der Waals surface area contributed by atoms with Crippen LogP contribution in [0.25, 0.3) is 11.1 Å². The van der Waals surface area contributed by atoms with Gasteiger partial charge in [-0.25, -0.2) is 4.79 Å². The lowest BCUT2D eigenvalue weighted by molar-refractivity contribution is -0.0353. The molecule has 0 aromatic heterocycles. The first-order chi connectivity index (χ1) is 15.9. The zero-order valence-corrected chi connectivity index (χ0v) is 20.1. The number of rotatable bonds is 5. The Hall–Kier alpha value is -2.53. The summed E-state index contributed by atoms with van der Waals surface area (Å²) in [7, 11) is 0. The average Bonchev–Trinajstić information content (AvgIpc) is 2.82. The van der Waals surface area contributed by atoms with Gasteiger partial charge in [-0.1, -0.05) is 44.2 Å². The second-order valence-electron chi connectivity index (χ2n) is 10.5. The first-order valence-corrected chi connectivity index (χ1v) is 12.5. The van der Waals surface area contributed by atoms with Gasteiger partial charge in [-0.05, 0) is 91.4 Å². The lowest BCUT2D eigenvalue weighted by atomic mass is 9.70. The number of nitrogens with zero attached hydrogens (tertiary/aromatic N) is 1. The Morgan fingerprint density at radius 2 is 1.82 bits per heavy atom. The van der Waals surface area contributed by atoms with Crippen molar-refractivity contribution in [3.63, 3.8) is 0 Å². The molecule has 2 bridgehead atoms. The number of hydrogen-bond donors (Lipinski definition) is 1. The van der Waals surface area contributed by atoms with Gasteiger partial charge >= 0.3 is 6.09 Å². The average molecular weight is 449 g/mol. The van der Waals surface area contributed by atoms with Crippen molar-refractivity contribution in [2.24, 2.45) is 11.3 Å². The van der Waals surface area contributed by atoms with Crippen LogP contribution in [0.15, 0.2) is 42.5 Å². The van der Waals surface area contributed by atoms with E-state index in [9.17, 15) is 4.79 Å². The van der Waals surface area contributed by atoms with Crippen LogP contribution in [0, 0.1) is 11.3 Å². The lowest BCUT2D eigenvalue weighted by Crippen LogP contribution is -2.53. The van der Waals surface area contributed by atoms with E-state index in [0.29, 0.717) is 12.5 Å². The molecule has 2 aromatic carbocycles. The molecule has 6 rings (SSSR count). The van der Waals surface area contributed by atoms with Crippen LogP contribution in [0.4, 0.5) is 4.79 Å². The van der Waals surface area contributed by atoms with Gasteiger partial charge < -0.3 is 14.8 Å². The highest BCUT2D eigenvalue weighted by Crippen LogP contribution is 2.44. The SMILES string of the molecule is CCOc1ccc(-c2ccc3c(c2)CCC(C)(C)[C@H]3NC(=O)O[C@H]2CN3CCC2CC3)cc1.